The van der Waals surface area contributed by atoms with Crippen LogP contribution in [-0.4, -0.2) is 44.1 Å². The van der Waals surface area contributed by atoms with Crippen molar-refractivity contribution in [3.05, 3.63) is 16.8 Å². The molecule has 1 fully saturated rings. The summed E-state index contributed by atoms with van der Waals surface area (Å²) in [6, 6.07) is 1.95. The molecular formula is C13H17N5OS. The molecule has 0 aliphatic carbocycles. The minimum Gasteiger partial charge on any atom is -0.341 e. The van der Waals surface area contributed by atoms with Gasteiger partial charge in [0.25, 0.3) is 0 Å². The summed E-state index contributed by atoms with van der Waals surface area (Å²) in [6.07, 6.45) is 4.62. The normalized spacial score (nSPS) is 16.1. The van der Waals surface area contributed by atoms with Crippen LogP contribution in [0.3, 0.4) is 0 Å². The van der Waals surface area contributed by atoms with Crippen LogP contribution in [0.4, 0.5) is 0 Å². The van der Waals surface area contributed by atoms with E-state index < -0.39 is 0 Å². The molecule has 1 aliphatic rings. The first-order valence-electron chi connectivity index (χ1n) is 6.91. The van der Waals surface area contributed by atoms with Crippen LogP contribution in [0.5, 0.6) is 0 Å². The van der Waals surface area contributed by atoms with E-state index in [0.717, 1.165) is 31.5 Å². The summed E-state index contributed by atoms with van der Waals surface area (Å²) < 4.78 is 0. The van der Waals surface area contributed by atoms with E-state index in [1.165, 1.54) is 17.6 Å². The van der Waals surface area contributed by atoms with Gasteiger partial charge in [-0.25, -0.2) is 0 Å². The van der Waals surface area contributed by atoms with Gasteiger partial charge in [0.05, 0.1) is 0 Å². The van der Waals surface area contributed by atoms with Gasteiger partial charge in [0.1, 0.15) is 6.54 Å². The van der Waals surface area contributed by atoms with Gasteiger partial charge < -0.3 is 4.90 Å². The highest BCUT2D eigenvalue weighted by Gasteiger charge is 2.17. The molecule has 0 unspecified atom stereocenters. The lowest BCUT2D eigenvalue weighted by molar-refractivity contribution is -0.132. The molecule has 2 aromatic rings. The third-order valence-electron chi connectivity index (χ3n) is 3.47. The number of likely N-dealkylation sites (tertiary alicyclic amines) is 1. The van der Waals surface area contributed by atoms with E-state index in [9.17, 15) is 4.79 Å². The molecule has 0 radical (unpaired) electrons. The van der Waals surface area contributed by atoms with Crippen LogP contribution >= 0.6 is 11.3 Å². The first-order valence-corrected chi connectivity index (χ1v) is 7.85. The third-order valence-corrected chi connectivity index (χ3v) is 4.15. The molecular weight excluding hydrogens is 274 g/mol. The molecule has 3 rings (SSSR count). The van der Waals surface area contributed by atoms with E-state index in [2.05, 4.69) is 15.4 Å². The molecule has 6 nitrogen and oxygen atoms in total. The zero-order valence-corrected chi connectivity index (χ0v) is 12.1. The number of amides is 1. The first-order chi connectivity index (χ1) is 9.83. The molecule has 0 saturated carbocycles. The van der Waals surface area contributed by atoms with Gasteiger partial charge in [-0.1, -0.05) is 12.8 Å². The molecule has 0 spiro atoms. The van der Waals surface area contributed by atoms with Crippen molar-refractivity contribution in [2.75, 3.05) is 13.1 Å². The predicted octanol–water partition coefficient (Wildman–Crippen LogP) is 1.80. The maximum Gasteiger partial charge on any atom is 0.246 e. The van der Waals surface area contributed by atoms with Crippen molar-refractivity contribution in [2.45, 2.75) is 32.2 Å². The van der Waals surface area contributed by atoms with Gasteiger partial charge in [0.15, 0.2) is 0 Å². The lowest BCUT2D eigenvalue weighted by Crippen LogP contribution is -2.35. The molecule has 0 aromatic carbocycles. The second-order valence-electron chi connectivity index (χ2n) is 4.95. The Bertz CT molecular complexity index is 557. The SMILES string of the molecule is O=C(Cn1nnc(-c2ccsc2)n1)N1CCCCCC1. The van der Waals surface area contributed by atoms with Gasteiger partial charge in [-0.05, 0) is 29.5 Å². The zero-order valence-electron chi connectivity index (χ0n) is 11.2. The highest BCUT2D eigenvalue weighted by atomic mass is 32.1. The molecule has 7 heteroatoms. The van der Waals surface area contributed by atoms with Crippen molar-refractivity contribution in [2.24, 2.45) is 0 Å². The lowest BCUT2D eigenvalue weighted by Gasteiger charge is -2.19. The van der Waals surface area contributed by atoms with E-state index in [4.69, 9.17) is 0 Å². The molecule has 2 aromatic heterocycles. The number of hydrogen-bond acceptors (Lipinski definition) is 5. The summed E-state index contributed by atoms with van der Waals surface area (Å²) in [7, 11) is 0. The fourth-order valence-corrected chi connectivity index (χ4v) is 2.99. The van der Waals surface area contributed by atoms with Crippen LogP contribution in [0, 0.1) is 0 Å². The van der Waals surface area contributed by atoms with Gasteiger partial charge in [0, 0.05) is 24.0 Å². The Hall–Kier alpha value is -1.76. The fraction of sp³-hybridized carbons (Fsp3) is 0.538. The smallest absolute Gasteiger partial charge is 0.246 e. The Balaban J connectivity index is 1.64. The van der Waals surface area contributed by atoms with Crippen molar-refractivity contribution in [1.29, 1.82) is 0 Å². The van der Waals surface area contributed by atoms with E-state index >= 15 is 0 Å². The summed E-state index contributed by atoms with van der Waals surface area (Å²) in [4.78, 5) is 15.5. The van der Waals surface area contributed by atoms with E-state index in [1.807, 2.05) is 21.7 Å². The molecule has 0 atom stereocenters. The summed E-state index contributed by atoms with van der Waals surface area (Å²) in [5.74, 6) is 0.663. The second kappa shape index (κ2) is 6.13. The van der Waals surface area contributed by atoms with Crippen LogP contribution in [0.1, 0.15) is 25.7 Å². The highest BCUT2D eigenvalue weighted by molar-refractivity contribution is 7.08. The molecule has 1 aliphatic heterocycles. The van der Waals surface area contributed by atoms with E-state index in [1.54, 1.807) is 11.3 Å². The average molecular weight is 291 g/mol. The monoisotopic (exact) mass is 291 g/mol. The molecule has 3 heterocycles. The van der Waals surface area contributed by atoms with Crippen molar-refractivity contribution in [3.63, 3.8) is 0 Å². The van der Waals surface area contributed by atoms with Crippen molar-refractivity contribution in [1.82, 2.24) is 25.1 Å². The van der Waals surface area contributed by atoms with Gasteiger partial charge in [0.2, 0.25) is 11.7 Å². The minimum atomic E-state index is 0.0844. The number of hydrogen-bond donors (Lipinski definition) is 0. The third kappa shape index (κ3) is 3.04. The maximum absolute atomic E-state index is 12.2. The largest absolute Gasteiger partial charge is 0.341 e. The number of thiophene rings is 1. The number of nitrogens with zero attached hydrogens (tertiary/aromatic N) is 5. The Morgan fingerprint density at radius 1 is 1.25 bits per heavy atom. The van der Waals surface area contributed by atoms with Crippen molar-refractivity contribution >= 4 is 17.2 Å². The topological polar surface area (TPSA) is 63.9 Å². The van der Waals surface area contributed by atoms with E-state index in [-0.39, 0.29) is 12.5 Å². The van der Waals surface area contributed by atoms with Crippen LogP contribution < -0.4 is 0 Å². The number of aromatic nitrogens is 4. The Labute approximate surface area is 121 Å². The molecule has 0 bridgehead atoms. The Kier molecular flexibility index (Phi) is 4.05. The molecule has 20 heavy (non-hydrogen) atoms. The number of rotatable bonds is 3. The van der Waals surface area contributed by atoms with Crippen molar-refractivity contribution in [3.8, 4) is 11.4 Å². The summed E-state index contributed by atoms with van der Waals surface area (Å²) >= 11 is 1.59. The summed E-state index contributed by atoms with van der Waals surface area (Å²) in [6.45, 7) is 1.88. The minimum absolute atomic E-state index is 0.0844. The van der Waals surface area contributed by atoms with Crippen LogP contribution in [0.15, 0.2) is 16.8 Å². The highest BCUT2D eigenvalue weighted by Crippen LogP contribution is 2.16. The molecule has 0 N–H and O–H groups in total. The first kappa shape index (κ1) is 13.2. The average Bonchev–Trinajstić information content (AvgIpc) is 3.05. The second-order valence-corrected chi connectivity index (χ2v) is 5.73. The van der Waals surface area contributed by atoms with Gasteiger partial charge in [-0.2, -0.15) is 16.1 Å². The van der Waals surface area contributed by atoms with Crippen LogP contribution in [0.25, 0.3) is 11.4 Å². The van der Waals surface area contributed by atoms with Crippen molar-refractivity contribution < 1.29 is 4.79 Å². The van der Waals surface area contributed by atoms with E-state index in [0.29, 0.717) is 5.82 Å². The Morgan fingerprint density at radius 3 is 2.75 bits per heavy atom. The number of carbonyl (C=O) groups excluding carboxylic acids is 1. The van der Waals surface area contributed by atoms with Gasteiger partial charge >= 0.3 is 0 Å². The molecule has 1 amide bonds. The van der Waals surface area contributed by atoms with Crippen LogP contribution in [0.2, 0.25) is 0 Å². The van der Waals surface area contributed by atoms with Crippen LogP contribution in [-0.2, 0) is 11.3 Å². The summed E-state index contributed by atoms with van der Waals surface area (Å²) in [5, 5.41) is 16.2. The van der Waals surface area contributed by atoms with Gasteiger partial charge in [-0.15, -0.1) is 10.2 Å². The molecule has 106 valence electrons. The summed E-state index contributed by atoms with van der Waals surface area (Å²) in [5.41, 5.74) is 0.948. The zero-order chi connectivity index (χ0) is 13.8. The molecule has 1 saturated heterocycles. The Morgan fingerprint density at radius 2 is 2.05 bits per heavy atom. The standard InChI is InChI=1S/C13H17N5OS/c19-12(17-6-3-1-2-4-7-17)9-18-15-13(14-16-18)11-5-8-20-10-11/h5,8,10H,1-4,6-7,9H2. The lowest BCUT2D eigenvalue weighted by atomic mass is 10.2. The fourth-order valence-electron chi connectivity index (χ4n) is 2.36. The maximum atomic E-state index is 12.2. The predicted molar refractivity (Wildman–Crippen MR) is 76.2 cm³/mol. The quantitative estimate of drug-likeness (QED) is 0.865. The number of tetrazole rings is 1. The number of carbonyl (C=O) groups is 1. The van der Waals surface area contributed by atoms with Gasteiger partial charge in [-0.3, -0.25) is 4.79 Å².